The van der Waals surface area contributed by atoms with Gasteiger partial charge in [-0.25, -0.2) is 0 Å². The Morgan fingerprint density at radius 3 is 0.833 bits per heavy atom. The van der Waals surface area contributed by atoms with Crippen LogP contribution in [0.4, 0.5) is 0 Å². The van der Waals surface area contributed by atoms with E-state index in [1.165, 1.54) is 128 Å². The summed E-state index contributed by atoms with van der Waals surface area (Å²) in [4.78, 5) is 0. The summed E-state index contributed by atoms with van der Waals surface area (Å²) < 4.78 is 1.86. The van der Waals surface area contributed by atoms with Crippen molar-refractivity contribution in [2.24, 2.45) is 0 Å². The van der Waals surface area contributed by atoms with E-state index in [1.54, 1.807) is 0 Å². The zero-order chi connectivity index (χ0) is 16.9. The van der Waals surface area contributed by atoms with E-state index in [2.05, 4.69) is 0 Å². The van der Waals surface area contributed by atoms with E-state index < -0.39 is 0 Å². The molecule has 0 aliphatic heterocycles. The molecule has 0 unspecified atom stereocenters. The topological polar surface area (TPSA) is 25.3 Å². The highest BCUT2D eigenvalue weighted by Gasteiger charge is 2.24. The molecule has 0 saturated heterocycles. The summed E-state index contributed by atoms with van der Waals surface area (Å²) in [6, 6.07) is 0.858. The summed E-state index contributed by atoms with van der Waals surface area (Å²) in [6.07, 6.45) is 26.9. The molecule has 0 radical (unpaired) electrons. The van der Waals surface area contributed by atoms with Gasteiger partial charge in [-0.2, -0.15) is 0 Å². The lowest BCUT2D eigenvalue weighted by Crippen LogP contribution is -2.33. The first kappa shape index (κ1) is 19.9. The van der Waals surface area contributed by atoms with E-state index in [4.69, 9.17) is 0 Å². The molecule has 0 heterocycles. The number of hydrogen-bond acceptors (Lipinski definition) is 0. The lowest BCUT2D eigenvalue weighted by Gasteiger charge is -2.26. The van der Waals surface area contributed by atoms with Crippen LogP contribution in [0.1, 0.15) is 128 Å². The van der Waals surface area contributed by atoms with Gasteiger partial charge in [-0.05, 0) is 25.7 Å². The molecule has 0 aromatic heterocycles. The summed E-state index contributed by atoms with van der Waals surface area (Å²) in [5.74, 6) is 0. The van der Waals surface area contributed by atoms with Gasteiger partial charge >= 0.3 is 0 Å². The van der Waals surface area contributed by atoms with E-state index in [-0.39, 0.29) is 0 Å². The Balaban J connectivity index is 1.87. The van der Waals surface area contributed by atoms with Crippen LogP contribution in [0, 0.1) is 0 Å². The molecule has 2 aliphatic rings. The smallest absolute Gasteiger partial charge is 0.141 e. The highest BCUT2D eigenvalue weighted by Crippen LogP contribution is 2.24. The summed E-state index contributed by atoms with van der Waals surface area (Å²) in [5.41, 5.74) is 11.0. The lowest BCUT2D eigenvalue weighted by molar-refractivity contribution is -0.624. The zero-order valence-electron chi connectivity index (χ0n) is 16.2. The molecule has 0 N–H and O–H groups in total. The van der Waals surface area contributed by atoms with Gasteiger partial charge in [-0.1, -0.05) is 77.0 Å². The Morgan fingerprint density at radius 1 is 0.375 bits per heavy atom. The van der Waals surface area contributed by atoms with Gasteiger partial charge in [0.25, 0.3) is 0 Å². The Bertz CT molecular complexity index is 272. The monoisotopic (exact) mass is 334 g/mol. The molecule has 0 atom stereocenters. The SMILES string of the molecule is [N-]=[N+](C1CCCCCCCCCC1)C1CCCCCCCCCC1. The standard InChI is InChI=1S/C22H42N2/c23-24(21-17-13-9-5-1-2-6-10-14-18-21)22-19-15-11-7-3-4-8-12-16-20-22/h21-22H,1-20H2. The highest BCUT2D eigenvalue weighted by molar-refractivity contribution is 4.66. The van der Waals surface area contributed by atoms with E-state index in [1.807, 2.05) is 4.70 Å². The van der Waals surface area contributed by atoms with Crippen molar-refractivity contribution in [1.29, 1.82) is 0 Å². The molecular weight excluding hydrogens is 292 g/mol. The van der Waals surface area contributed by atoms with Crippen LogP contribution in [0.5, 0.6) is 0 Å². The van der Waals surface area contributed by atoms with Gasteiger partial charge in [-0.3, -0.25) is 0 Å². The first-order chi connectivity index (χ1) is 11.9. The van der Waals surface area contributed by atoms with Gasteiger partial charge in [0.05, 0.1) is 0 Å². The minimum atomic E-state index is 0.429. The average Bonchev–Trinajstić information content (AvgIpc) is 2.70. The molecule has 0 aromatic carbocycles. The van der Waals surface area contributed by atoms with Crippen LogP contribution in [-0.2, 0) is 0 Å². The largest absolute Gasteiger partial charge is 0.506 e. The molecule has 24 heavy (non-hydrogen) atoms. The number of nitrogens with zero attached hydrogens (tertiary/aromatic N) is 2. The minimum Gasteiger partial charge on any atom is -0.506 e. The Hall–Kier alpha value is -0.400. The first-order valence-electron chi connectivity index (χ1n) is 11.3. The summed E-state index contributed by atoms with van der Waals surface area (Å²) >= 11 is 0. The van der Waals surface area contributed by atoms with Gasteiger partial charge in [0.15, 0.2) is 0 Å². The summed E-state index contributed by atoms with van der Waals surface area (Å²) in [6.45, 7) is 0. The Labute approximate surface area is 151 Å². The van der Waals surface area contributed by atoms with Crippen molar-refractivity contribution in [2.75, 3.05) is 0 Å². The fourth-order valence-electron chi connectivity index (χ4n) is 4.76. The van der Waals surface area contributed by atoms with Crippen molar-refractivity contribution < 1.29 is 4.70 Å². The van der Waals surface area contributed by atoms with Crippen LogP contribution in [0.15, 0.2) is 0 Å². The van der Waals surface area contributed by atoms with Crippen LogP contribution < -0.4 is 0 Å². The second-order valence-electron chi connectivity index (χ2n) is 8.50. The average molecular weight is 335 g/mol. The minimum absolute atomic E-state index is 0.429. The van der Waals surface area contributed by atoms with Gasteiger partial charge in [-0.15, -0.1) is 0 Å². The molecule has 140 valence electrons. The fraction of sp³-hybridized carbons (Fsp3) is 1.00. The van der Waals surface area contributed by atoms with Crippen LogP contribution >= 0.6 is 0 Å². The molecule has 0 bridgehead atoms. The molecular formula is C22H42N2. The zero-order valence-corrected chi connectivity index (χ0v) is 16.2. The fourth-order valence-corrected chi connectivity index (χ4v) is 4.76. The summed E-state index contributed by atoms with van der Waals surface area (Å²) in [7, 11) is 0. The van der Waals surface area contributed by atoms with Crippen molar-refractivity contribution in [2.45, 2.75) is 141 Å². The van der Waals surface area contributed by atoms with Gasteiger partial charge in [0.1, 0.15) is 12.1 Å². The Kier molecular flexibility index (Phi) is 10.7. The highest BCUT2D eigenvalue weighted by atomic mass is 15.2. The maximum absolute atomic E-state index is 11.0. The van der Waals surface area contributed by atoms with Gasteiger partial charge in [0, 0.05) is 25.7 Å². The van der Waals surface area contributed by atoms with E-state index in [9.17, 15) is 5.53 Å². The maximum atomic E-state index is 11.0. The quantitative estimate of drug-likeness (QED) is 0.367. The molecule has 2 heteroatoms. The van der Waals surface area contributed by atoms with Crippen molar-refractivity contribution in [1.82, 2.24) is 0 Å². The Morgan fingerprint density at radius 2 is 0.583 bits per heavy atom. The van der Waals surface area contributed by atoms with Crippen LogP contribution in [0.2, 0.25) is 0 Å². The van der Waals surface area contributed by atoms with E-state index in [0.29, 0.717) is 12.1 Å². The maximum Gasteiger partial charge on any atom is 0.141 e. The molecule has 0 amide bonds. The van der Waals surface area contributed by atoms with Crippen molar-refractivity contribution in [3.8, 4) is 0 Å². The van der Waals surface area contributed by atoms with Gasteiger partial charge in [0.2, 0.25) is 0 Å². The second kappa shape index (κ2) is 12.9. The molecule has 0 spiro atoms. The third kappa shape index (κ3) is 8.12. The predicted octanol–water partition coefficient (Wildman–Crippen LogP) is 7.59. The molecule has 0 aromatic rings. The van der Waals surface area contributed by atoms with E-state index in [0.717, 1.165) is 0 Å². The number of hydrogen-bond donors (Lipinski definition) is 0. The number of rotatable bonds is 2. The van der Waals surface area contributed by atoms with Crippen molar-refractivity contribution >= 4 is 0 Å². The normalized spacial score (nSPS) is 25.3. The second-order valence-corrected chi connectivity index (χ2v) is 8.50. The summed E-state index contributed by atoms with van der Waals surface area (Å²) in [5, 5.41) is 0. The molecule has 2 aliphatic carbocycles. The van der Waals surface area contributed by atoms with E-state index >= 15 is 0 Å². The van der Waals surface area contributed by atoms with Gasteiger partial charge < -0.3 is 10.2 Å². The lowest BCUT2D eigenvalue weighted by atomic mass is 9.97. The third-order valence-electron chi connectivity index (χ3n) is 6.40. The first-order valence-corrected chi connectivity index (χ1v) is 11.3. The van der Waals surface area contributed by atoms with Crippen LogP contribution in [0.3, 0.4) is 0 Å². The van der Waals surface area contributed by atoms with Crippen LogP contribution in [0.25, 0.3) is 5.53 Å². The molecule has 2 nitrogen and oxygen atoms in total. The molecule has 2 fully saturated rings. The third-order valence-corrected chi connectivity index (χ3v) is 6.40. The predicted molar refractivity (Wildman–Crippen MR) is 104 cm³/mol. The van der Waals surface area contributed by atoms with Crippen molar-refractivity contribution in [3.05, 3.63) is 5.53 Å². The molecule has 2 rings (SSSR count). The van der Waals surface area contributed by atoms with Crippen LogP contribution in [-0.4, -0.2) is 16.8 Å². The molecule has 2 saturated carbocycles. The van der Waals surface area contributed by atoms with Crippen molar-refractivity contribution in [3.63, 3.8) is 0 Å².